The molecule has 2 fully saturated rings. The molecule has 26 heavy (non-hydrogen) atoms. The van der Waals surface area contributed by atoms with Gasteiger partial charge in [0.15, 0.2) is 0 Å². The van der Waals surface area contributed by atoms with Crippen molar-refractivity contribution in [2.24, 2.45) is 22.9 Å². The number of carbonyl (C=O) groups excluding carboxylic acids is 2. The van der Waals surface area contributed by atoms with Crippen LogP contribution in [0.3, 0.4) is 0 Å². The van der Waals surface area contributed by atoms with E-state index in [1.165, 1.54) is 37.1 Å². The van der Waals surface area contributed by atoms with E-state index >= 15 is 0 Å². The molecule has 8 heteroatoms. The van der Waals surface area contributed by atoms with Gasteiger partial charge in [-0.05, 0) is 43.7 Å². The maximum atomic E-state index is 12.2. The predicted molar refractivity (Wildman–Crippen MR) is 96.5 cm³/mol. The average molecular weight is 358 g/mol. The Morgan fingerprint density at radius 1 is 1.19 bits per heavy atom. The minimum absolute atomic E-state index is 0.0365. The van der Waals surface area contributed by atoms with Crippen LogP contribution in [0.2, 0.25) is 0 Å². The van der Waals surface area contributed by atoms with Crippen molar-refractivity contribution in [1.29, 1.82) is 0 Å². The van der Waals surface area contributed by atoms with Crippen molar-refractivity contribution in [3.63, 3.8) is 0 Å². The van der Waals surface area contributed by atoms with E-state index in [2.05, 4.69) is 15.8 Å². The Hall–Kier alpha value is -2.77. The van der Waals surface area contributed by atoms with Gasteiger partial charge >= 0.3 is 0 Å². The minimum Gasteiger partial charge on any atom is -0.326 e. The summed E-state index contributed by atoms with van der Waals surface area (Å²) in [6, 6.07) is 5.59. The van der Waals surface area contributed by atoms with E-state index in [4.69, 9.17) is 0 Å². The zero-order chi connectivity index (χ0) is 18.7. The highest BCUT2D eigenvalue weighted by atomic mass is 16.6. The number of carbonyl (C=O) groups is 2. The lowest BCUT2D eigenvalue weighted by Gasteiger charge is -2.05. The van der Waals surface area contributed by atoms with Gasteiger partial charge in [-0.1, -0.05) is 12.8 Å². The van der Waals surface area contributed by atoms with Gasteiger partial charge in [-0.15, -0.1) is 0 Å². The number of hydrogen-bond donors (Lipinski definition) is 2. The molecule has 2 N–H and O–H groups in total. The first-order valence-corrected chi connectivity index (χ1v) is 8.83. The molecule has 1 aromatic carbocycles. The summed E-state index contributed by atoms with van der Waals surface area (Å²) < 4.78 is 0. The molecule has 0 spiro atoms. The molecule has 0 heterocycles. The molecule has 0 saturated heterocycles. The highest BCUT2D eigenvalue weighted by Crippen LogP contribution is 2.55. The highest BCUT2D eigenvalue weighted by Gasteiger charge is 2.54. The van der Waals surface area contributed by atoms with Crippen LogP contribution < -0.4 is 10.7 Å². The Kier molecular flexibility index (Phi) is 5.29. The van der Waals surface area contributed by atoms with Crippen LogP contribution in [0, 0.1) is 27.9 Å². The maximum Gasteiger partial charge on any atom is 0.269 e. The summed E-state index contributed by atoms with van der Waals surface area (Å²) in [5.41, 5.74) is 3.52. The van der Waals surface area contributed by atoms with Gasteiger partial charge in [0.2, 0.25) is 11.8 Å². The molecular formula is C18H22N4O4. The second-order valence-electron chi connectivity index (χ2n) is 6.99. The Morgan fingerprint density at radius 3 is 2.38 bits per heavy atom. The lowest BCUT2D eigenvalue weighted by atomic mass is 10.0. The summed E-state index contributed by atoms with van der Waals surface area (Å²) in [5.74, 6) is 0.781. The lowest BCUT2D eigenvalue weighted by Crippen LogP contribution is -2.23. The standard InChI is InChI=1S/C18H22N4O4/c1-11(20-21-18(24)17-14-4-2-3-5-15(14)17)10-16(23)19-12-6-8-13(9-7-12)22(25)26/h6-9,14-15,17H,2-5,10H2,1H3,(H,19,23)(H,21,24)/b20-11+/t14-,15+,17?. The first kappa shape index (κ1) is 18.0. The van der Waals surface area contributed by atoms with E-state index < -0.39 is 4.92 Å². The number of nitro groups is 1. The second-order valence-corrected chi connectivity index (χ2v) is 6.99. The van der Waals surface area contributed by atoms with Crippen LogP contribution in [0.5, 0.6) is 0 Å². The van der Waals surface area contributed by atoms with Crippen LogP contribution in [0.15, 0.2) is 29.4 Å². The van der Waals surface area contributed by atoms with E-state index in [1.54, 1.807) is 6.92 Å². The summed E-state index contributed by atoms with van der Waals surface area (Å²) >= 11 is 0. The Labute approximate surface area is 151 Å². The third kappa shape index (κ3) is 4.25. The summed E-state index contributed by atoms with van der Waals surface area (Å²) in [7, 11) is 0. The zero-order valence-corrected chi connectivity index (χ0v) is 14.6. The van der Waals surface area contributed by atoms with Gasteiger partial charge in [0.1, 0.15) is 0 Å². The zero-order valence-electron chi connectivity index (χ0n) is 14.6. The van der Waals surface area contributed by atoms with Crippen molar-refractivity contribution in [1.82, 2.24) is 5.43 Å². The third-order valence-corrected chi connectivity index (χ3v) is 5.09. The Bertz CT molecular complexity index is 732. The monoisotopic (exact) mass is 358 g/mol. The molecule has 3 rings (SSSR count). The number of benzene rings is 1. The maximum absolute atomic E-state index is 12.2. The van der Waals surface area contributed by atoms with Gasteiger partial charge in [-0.2, -0.15) is 5.10 Å². The number of non-ortho nitro benzene ring substituents is 1. The molecule has 138 valence electrons. The number of nitrogens with zero attached hydrogens (tertiary/aromatic N) is 2. The smallest absolute Gasteiger partial charge is 0.269 e. The molecular weight excluding hydrogens is 336 g/mol. The summed E-state index contributed by atoms with van der Waals surface area (Å²) in [6.07, 6.45) is 4.70. The van der Waals surface area contributed by atoms with Crippen LogP contribution in [-0.2, 0) is 9.59 Å². The topological polar surface area (TPSA) is 114 Å². The number of nitrogens with one attached hydrogen (secondary N) is 2. The van der Waals surface area contributed by atoms with Gasteiger partial charge in [-0.3, -0.25) is 19.7 Å². The van der Waals surface area contributed by atoms with Crippen molar-refractivity contribution in [2.75, 3.05) is 5.32 Å². The van der Waals surface area contributed by atoms with Crippen LogP contribution in [0.1, 0.15) is 39.0 Å². The number of anilines is 1. The number of nitro benzene ring substituents is 1. The summed E-state index contributed by atoms with van der Waals surface area (Å²) in [6.45, 7) is 1.68. The molecule has 0 radical (unpaired) electrons. The first-order chi connectivity index (χ1) is 12.5. The fourth-order valence-electron chi connectivity index (χ4n) is 3.75. The third-order valence-electron chi connectivity index (χ3n) is 5.09. The highest BCUT2D eigenvalue weighted by molar-refractivity contribution is 6.05. The van der Waals surface area contributed by atoms with Crippen molar-refractivity contribution in [3.05, 3.63) is 34.4 Å². The molecule has 3 atom stereocenters. The fourth-order valence-corrected chi connectivity index (χ4v) is 3.75. The largest absolute Gasteiger partial charge is 0.326 e. The summed E-state index contributed by atoms with van der Waals surface area (Å²) in [5, 5.41) is 17.3. The minimum atomic E-state index is -0.499. The SMILES string of the molecule is C/C(CC(=O)Nc1ccc([N+](=O)[O-])cc1)=N\NC(=O)C1[C@H]2CCCC[C@@H]12. The van der Waals surface area contributed by atoms with Gasteiger partial charge in [0, 0.05) is 29.4 Å². The Morgan fingerprint density at radius 2 is 1.81 bits per heavy atom. The van der Waals surface area contributed by atoms with Crippen LogP contribution in [-0.4, -0.2) is 22.4 Å². The summed E-state index contributed by atoms with van der Waals surface area (Å²) in [4.78, 5) is 34.3. The molecule has 2 amide bonds. The number of amides is 2. The molecule has 0 aromatic heterocycles. The van der Waals surface area contributed by atoms with Crippen molar-refractivity contribution in [2.45, 2.75) is 39.0 Å². The van der Waals surface area contributed by atoms with E-state index in [1.807, 2.05) is 0 Å². The van der Waals surface area contributed by atoms with Crippen molar-refractivity contribution >= 4 is 28.9 Å². The number of hydrazone groups is 1. The molecule has 2 saturated carbocycles. The van der Waals surface area contributed by atoms with Crippen molar-refractivity contribution in [3.8, 4) is 0 Å². The molecule has 8 nitrogen and oxygen atoms in total. The fraction of sp³-hybridized carbons (Fsp3) is 0.500. The van der Waals surface area contributed by atoms with Crippen LogP contribution in [0.4, 0.5) is 11.4 Å². The number of hydrogen-bond acceptors (Lipinski definition) is 5. The predicted octanol–water partition coefficient (Wildman–Crippen LogP) is 2.85. The van der Waals surface area contributed by atoms with E-state index in [-0.39, 0.29) is 29.8 Å². The molecule has 0 aliphatic heterocycles. The van der Waals surface area contributed by atoms with Crippen LogP contribution >= 0.6 is 0 Å². The van der Waals surface area contributed by atoms with E-state index in [0.29, 0.717) is 23.2 Å². The number of rotatable bonds is 6. The molecule has 1 unspecified atom stereocenters. The average Bonchev–Trinajstić information content (AvgIpc) is 3.34. The quantitative estimate of drug-likeness (QED) is 0.462. The first-order valence-electron chi connectivity index (χ1n) is 8.83. The van der Waals surface area contributed by atoms with Crippen LogP contribution in [0.25, 0.3) is 0 Å². The Balaban J connectivity index is 1.45. The van der Waals surface area contributed by atoms with E-state index in [9.17, 15) is 19.7 Å². The van der Waals surface area contributed by atoms with E-state index in [0.717, 1.165) is 12.8 Å². The van der Waals surface area contributed by atoms with Gasteiger partial charge in [-0.25, -0.2) is 5.43 Å². The normalized spacial score (nSPS) is 24.3. The molecule has 0 bridgehead atoms. The molecule has 1 aromatic rings. The van der Waals surface area contributed by atoms with Gasteiger partial charge in [0.05, 0.1) is 11.3 Å². The van der Waals surface area contributed by atoms with Gasteiger partial charge in [0.25, 0.3) is 5.69 Å². The van der Waals surface area contributed by atoms with Gasteiger partial charge < -0.3 is 5.32 Å². The van der Waals surface area contributed by atoms with Crippen molar-refractivity contribution < 1.29 is 14.5 Å². The lowest BCUT2D eigenvalue weighted by molar-refractivity contribution is -0.384. The molecule has 2 aliphatic carbocycles. The number of fused-ring (bicyclic) bond motifs is 1. The second kappa shape index (κ2) is 7.63. The molecule has 2 aliphatic rings.